The monoisotopic (exact) mass is 349 g/mol. The van der Waals surface area contributed by atoms with Crippen LogP contribution in [0.25, 0.3) is 0 Å². The molecular weight excluding hydrogens is 330 g/mol. The van der Waals surface area contributed by atoms with Crippen molar-refractivity contribution < 1.29 is 18.3 Å². The number of sulfonamides is 1. The Balaban J connectivity index is 1.89. The SMILES string of the molecule is Cn1nccc1C[C@H]1CCCN1S(=O)(=O)c1cccc(C(=O)O)c1. The molecule has 1 atom stereocenters. The summed E-state index contributed by atoms with van der Waals surface area (Å²) < 4.78 is 29.1. The lowest BCUT2D eigenvalue weighted by molar-refractivity contribution is 0.0696. The van der Waals surface area contributed by atoms with Crippen molar-refractivity contribution in [1.82, 2.24) is 14.1 Å². The Labute approximate surface area is 140 Å². The highest BCUT2D eigenvalue weighted by atomic mass is 32.2. The van der Waals surface area contributed by atoms with E-state index in [1.165, 1.54) is 28.6 Å². The Morgan fingerprint density at radius 2 is 2.17 bits per heavy atom. The number of aryl methyl sites for hydroxylation is 1. The molecule has 1 N–H and O–H groups in total. The number of benzene rings is 1. The fourth-order valence-electron chi connectivity index (χ4n) is 3.10. The van der Waals surface area contributed by atoms with E-state index < -0.39 is 16.0 Å². The highest BCUT2D eigenvalue weighted by Crippen LogP contribution is 2.28. The third-order valence-corrected chi connectivity index (χ3v) is 6.33. The van der Waals surface area contributed by atoms with Crippen LogP contribution in [0.4, 0.5) is 0 Å². The van der Waals surface area contributed by atoms with Crippen LogP contribution in [-0.4, -0.2) is 46.2 Å². The van der Waals surface area contributed by atoms with Crippen LogP contribution in [0.15, 0.2) is 41.4 Å². The molecule has 24 heavy (non-hydrogen) atoms. The summed E-state index contributed by atoms with van der Waals surface area (Å²) in [5, 5.41) is 13.2. The van der Waals surface area contributed by atoms with Gasteiger partial charge in [-0.25, -0.2) is 13.2 Å². The van der Waals surface area contributed by atoms with Crippen molar-refractivity contribution in [3.8, 4) is 0 Å². The number of aromatic nitrogens is 2. The van der Waals surface area contributed by atoms with Gasteiger partial charge in [-0.2, -0.15) is 9.40 Å². The number of carboxylic acid groups (broad SMARTS) is 1. The molecular formula is C16H19N3O4S. The summed E-state index contributed by atoms with van der Waals surface area (Å²) >= 11 is 0. The average molecular weight is 349 g/mol. The summed E-state index contributed by atoms with van der Waals surface area (Å²) in [6.07, 6.45) is 3.86. The molecule has 8 heteroatoms. The molecule has 1 aromatic carbocycles. The lowest BCUT2D eigenvalue weighted by atomic mass is 10.1. The van der Waals surface area contributed by atoms with Crippen LogP contribution in [0.2, 0.25) is 0 Å². The predicted molar refractivity (Wildman–Crippen MR) is 87.2 cm³/mol. The summed E-state index contributed by atoms with van der Waals surface area (Å²) in [7, 11) is -1.89. The molecule has 0 radical (unpaired) electrons. The number of hydrogen-bond donors (Lipinski definition) is 1. The molecule has 7 nitrogen and oxygen atoms in total. The predicted octanol–water partition coefficient (Wildman–Crippen LogP) is 1.51. The van der Waals surface area contributed by atoms with Gasteiger partial charge < -0.3 is 5.11 Å². The zero-order valence-corrected chi connectivity index (χ0v) is 14.1. The van der Waals surface area contributed by atoms with E-state index in [0.29, 0.717) is 13.0 Å². The maximum atomic E-state index is 12.9. The van der Waals surface area contributed by atoms with Gasteiger partial charge in [0.25, 0.3) is 0 Å². The quantitative estimate of drug-likeness (QED) is 0.883. The van der Waals surface area contributed by atoms with Gasteiger partial charge in [-0.1, -0.05) is 6.07 Å². The van der Waals surface area contributed by atoms with Crippen LogP contribution in [0, 0.1) is 0 Å². The number of aromatic carboxylic acids is 1. The first kappa shape index (κ1) is 16.7. The van der Waals surface area contributed by atoms with Crippen LogP contribution in [0.3, 0.4) is 0 Å². The van der Waals surface area contributed by atoms with E-state index in [-0.39, 0.29) is 16.5 Å². The number of carboxylic acids is 1. The minimum absolute atomic E-state index is 0.0271. The van der Waals surface area contributed by atoms with Gasteiger partial charge in [-0.15, -0.1) is 0 Å². The van der Waals surface area contributed by atoms with Gasteiger partial charge in [0, 0.05) is 37.9 Å². The van der Waals surface area contributed by atoms with Crippen molar-refractivity contribution in [1.29, 1.82) is 0 Å². The fourth-order valence-corrected chi connectivity index (χ4v) is 4.84. The molecule has 0 bridgehead atoms. The zero-order chi connectivity index (χ0) is 17.3. The van der Waals surface area contributed by atoms with Crippen LogP contribution in [0.1, 0.15) is 28.9 Å². The summed E-state index contributed by atoms with van der Waals surface area (Å²) in [5.41, 5.74) is 0.944. The Bertz CT molecular complexity index is 860. The number of carbonyl (C=O) groups is 1. The standard InChI is InChI=1S/C16H19N3O4S/c1-18-13(7-8-17-18)11-14-5-3-9-19(14)24(22,23)15-6-2-4-12(10-15)16(20)21/h2,4,6-8,10,14H,3,5,9,11H2,1H3,(H,20,21)/t14-/m1/s1. The van der Waals surface area contributed by atoms with Gasteiger partial charge in [0.1, 0.15) is 0 Å². The molecule has 0 amide bonds. The first-order valence-electron chi connectivity index (χ1n) is 7.71. The second kappa shape index (κ2) is 6.37. The first-order chi connectivity index (χ1) is 11.4. The molecule has 0 aliphatic carbocycles. The van der Waals surface area contributed by atoms with Gasteiger partial charge in [0.2, 0.25) is 10.0 Å². The molecule has 0 spiro atoms. The molecule has 1 aliphatic rings. The smallest absolute Gasteiger partial charge is 0.335 e. The highest BCUT2D eigenvalue weighted by Gasteiger charge is 2.35. The minimum Gasteiger partial charge on any atom is -0.478 e. The maximum Gasteiger partial charge on any atom is 0.335 e. The molecule has 2 aromatic rings. The van der Waals surface area contributed by atoms with Crippen LogP contribution >= 0.6 is 0 Å². The van der Waals surface area contributed by atoms with Crippen LogP contribution < -0.4 is 0 Å². The third kappa shape index (κ3) is 3.07. The molecule has 1 aromatic heterocycles. The van der Waals surface area contributed by atoms with Gasteiger partial charge in [0.15, 0.2) is 0 Å². The van der Waals surface area contributed by atoms with E-state index >= 15 is 0 Å². The first-order valence-corrected chi connectivity index (χ1v) is 9.15. The second-order valence-electron chi connectivity index (χ2n) is 5.90. The lowest BCUT2D eigenvalue weighted by Crippen LogP contribution is -2.37. The summed E-state index contributed by atoms with van der Waals surface area (Å²) in [4.78, 5) is 11.1. The molecule has 0 saturated carbocycles. The van der Waals surface area contributed by atoms with Crippen molar-refractivity contribution in [2.24, 2.45) is 7.05 Å². The number of rotatable bonds is 5. The van der Waals surface area contributed by atoms with Crippen LogP contribution in [-0.2, 0) is 23.5 Å². The van der Waals surface area contributed by atoms with E-state index in [0.717, 1.165) is 18.5 Å². The highest BCUT2D eigenvalue weighted by molar-refractivity contribution is 7.89. The Kier molecular flexibility index (Phi) is 4.42. The summed E-state index contributed by atoms with van der Waals surface area (Å²) in [6, 6.07) is 7.26. The number of hydrogen-bond acceptors (Lipinski definition) is 4. The van der Waals surface area contributed by atoms with Gasteiger partial charge in [0.05, 0.1) is 10.5 Å². The van der Waals surface area contributed by atoms with Crippen molar-refractivity contribution in [2.75, 3.05) is 6.54 Å². The summed E-state index contributed by atoms with van der Waals surface area (Å²) in [5.74, 6) is -1.14. The van der Waals surface area contributed by atoms with Gasteiger partial charge in [-0.05, 0) is 37.1 Å². The normalized spacial score (nSPS) is 18.8. The molecule has 1 fully saturated rings. The fraction of sp³-hybridized carbons (Fsp3) is 0.375. The van der Waals surface area contributed by atoms with Crippen molar-refractivity contribution in [3.05, 3.63) is 47.8 Å². The number of nitrogens with zero attached hydrogens (tertiary/aromatic N) is 3. The second-order valence-corrected chi connectivity index (χ2v) is 7.79. The maximum absolute atomic E-state index is 12.9. The molecule has 3 rings (SSSR count). The zero-order valence-electron chi connectivity index (χ0n) is 13.3. The van der Waals surface area contributed by atoms with Crippen LogP contribution in [0.5, 0.6) is 0 Å². The molecule has 1 saturated heterocycles. The Morgan fingerprint density at radius 1 is 1.38 bits per heavy atom. The van der Waals surface area contributed by atoms with E-state index in [4.69, 9.17) is 5.11 Å². The molecule has 2 heterocycles. The minimum atomic E-state index is -3.72. The van der Waals surface area contributed by atoms with Gasteiger partial charge in [-0.3, -0.25) is 4.68 Å². The molecule has 128 valence electrons. The topological polar surface area (TPSA) is 92.5 Å². The summed E-state index contributed by atoms with van der Waals surface area (Å²) in [6.45, 7) is 0.447. The Hall–Kier alpha value is -2.19. The molecule has 1 aliphatic heterocycles. The molecule has 0 unspecified atom stereocenters. The van der Waals surface area contributed by atoms with E-state index in [1.54, 1.807) is 10.9 Å². The largest absolute Gasteiger partial charge is 0.478 e. The Morgan fingerprint density at radius 3 is 2.83 bits per heavy atom. The van der Waals surface area contributed by atoms with Crippen molar-refractivity contribution >= 4 is 16.0 Å². The van der Waals surface area contributed by atoms with Gasteiger partial charge >= 0.3 is 5.97 Å². The average Bonchev–Trinajstić information content (AvgIpc) is 3.18. The van der Waals surface area contributed by atoms with Crippen molar-refractivity contribution in [2.45, 2.75) is 30.2 Å². The lowest BCUT2D eigenvalue weighted by Gasteiger charge is -2.24. The third-order valence-electron chi connectivity index (χ3n) is 4.38. The van der Waals surface area contributed by atoms with Crippen molar-refractivity contribution in [3.63, 3.8) is 0 Å². The van der Waals surface area contributed by atoms with E-state index in [2.05, 4.69) is 5.10 Å². The van der Waals surface area contributed by atoms with E-state index in [1.807, 2.05) is 13.1 Å². The van der Waals surface area contributed by atoms with E-state index in [9.17, 15) is 13.2 Å².